The number of hydrogen-bond acceptors (Lipinski definition) is 3. The Hall–Kier alpha value is -1.65. The molecule has 0 saturated heterocycles. The van der Waals surface area contributed by atoms with E-state index in [9.17, 15) is 4.79 Å². The predicted molar refractivity (Wildman–Crippen MR) is 111 cm³/mol. The second-order valence-electron chi connectivity index (χ2n) is 6.15. The number of nitrogens with one attached hydrogen (secondary N) is 1. The van der Waals surface area contributed by atoms with Crippen molar-refractivity contribution in [3.63, 3.8) is 0 Å². The summed E-state index contributed by atoms with van der Waals surface area (Å²) in [5, 5.41) is 3.76. The van der Waals surface area contributed by atoms with Gasteiger partial charge in [0, 0.05) is 23.1 Å². The normalized spacial score (nSPS) is 11.8. The van der Waals surface area contributed by atoms with Crippen LogP contribution in [-0.4, -0.2) is 24.3 Å². The third-order valence-corrected chi connectivity index (χ3v) is 5.63. The Balaban J connectivity index is 1.76. The monoisotopic (exact) mass is 391 g/mol. The van der Waals surface area contributed by atoms with Crippen LogP contribution in [0.4, 0.5) is 0 Å². The molecule has 3 nitrogen and oxygen atoms in total. The summed E-state index contributed by atoms with van der Waals surface area (Å²) in [6, 6.07) is 13.7. The summed E-state index contributed by atoms with van der Waals surface area (Å²) >= 11 is 7.90. The Morgan fingerprint density at radius 1 is 1.19 bits per heavy atom. The number of carbonyl (C=O) groups is 1. The average molecular weight is 392 g/mol. The number of thioether (sulfide) groups is 1. The SMILES string of the molecule is CC[C@H](Oc1cccc(C)c1C)C(=O)NCCSCc1ccccc1Cl. The van der Waals surface area contributed by atoms with Crippen molar-refractivity contribution in [2.24, 2.45) is 0 Å². The Morgan fingerprint density at radius 3 is 2.69 bits per heavy atom. The van der Waals surface area contributed by atoms with E-state index in [1.54, 1.807) is 11.8 Å². The third-order valence-electron chi connectivity index (χ3n) is 4.25. The average Bonchev–Trinajstić information content (AvgIpc) is 2.64. The number of rotatable bonds is 9. The van der Waals surface area contributed by atoms with E-state index >= 15 is 0 Å². The molecule has 2 aromatic rings. The Morgan fingerprint density at radius 2 is 1.96 bits per heavy atom. The quantitative estimate of drug-likeness (QED) is 0.599. The standard InChI is InChI=1S/C21H26ClNO2S/c1-4-19(25-20-11-7-8-15(2)16(20)3)21(24)23-12-13-26-14-17-9-5-6-10-18(17)22/h5-11,19H,4,12-14H2,1-3H3,(H,23,24)/t19-/m0/s1. The zero-order valence-corrected chi connectivity index (χ0v) is 17.1. The molecule has 0 unspecified atom stereocenters. The van der Waals surface area contributed by atoms with Crippen molar-refractivity contribution >= 4 is 29.3 Å². The molecule has 26 heavy (non-hydrogen) atoms. The van der Waals surface area contributed by atoms with E-state index in [4.69, 9.17) is 16.3 Å². The summed E-state index contributed by atoms with van der Waals surface area (Å²) in [6.07, 6.45) is 0.162. The summed E-state index contributed by atoms with van der Waals surface area (Å²) in [5.74, 6) is 2.38. The Kier molecular flexibility index (Phi) is 8.33. The molecule has 0 fully saturated rings. The summed E-state index contributed by atoms with van der Waals surface area (Å²) in [5.41, 5.74) is 3.36. The smallest absolute Gasteiger partial charge is 0.261 e. The van der Waals surface area contributed by atoms with Gasteiger partial charge in [-0.1, -0.05) is 48.9 Å². The van der Waals surface area contributed by atoms with E-state index < -0.39 is 6.10 Å². The van der Waals surface area contributed by atoms with Crippen molar-refractivity contribution in [2.75, 3.05) is 12.3 Å². The first-order valence-corrected chi connectivity index (χ1v) is 10.4. The highest BCUT2D eigenvalue weighted by Crippen LogP contribution is 2.23. The predicted octanol–water partition coefficient (Wildman–Crippen LogP) is 5.16. The zero-order valence-electron chi connectivity index (χ0n) is 15.5. The molecule has 5 heteroatoms. The lowest BCUT2D eigenvalue weighted by Crippen LogP contribution is -2.39. The van der Waals surface area contributed by atoms with Crippen LogP contribution in [0.2, 0.25) is 5.02 Å². The zero-order chi connectivity index (χ0) is 18.9. The van der Waals surface area contributed by atoms with Crippen molar-refractivity contribution < 1.29 is 9.53 Å². The Bertz CT molecular complexity index is 736. The van der Waals surface area contributed by atoms with E-state index in [2.05, 4.69) is 5.32 Å². The molecule has 0 aliphatic carbocycles. The fourth-order valence-corrected chi connectivity index (χ4v) is 3.63. The first kappa shape index (κ1) is 20.7. The molecule has 0 aromatic heterocycles. The van der Waals surface area contributed by atoms with E-state index in [1.165, 1.54) is 0 Å². The van der Waals surface area contributed by atoms with Gasteiger partial charge in [-0.05, 0) is 49.1 Å². The van der Waals surface area contributed by atoms with Crippen LogP contribution in [0.15, 0.2) is 42.5 Å². The first-order valence-electron chi connectivity index (χ1n) is 8.84. The van der Waals surface area contributed by atoms with Crippen LogP contribution in [-0.2, 0) is 10.5 Å². The topological polar surface area (TPSA) is 38.3 Å². The summed E-state index contributed by atoms with van der Waals surface area (Å²) in [7, 11) is 0. The lowest BCUT2D eigenvalue weighted by molar-refractivity contribution is -0.128. The van der Waals surface area contributed by atoms with E-state index in [1.807, 2.05) is 63.2 Å². The Labute approximate surface area is 165 Å². The molecule has 0 saturated carbocycles. The maximum absolute atomic E-state index is 12.4. The first-order chi connectivity index (χ1) is 12.5. The lowest BCUT2D eigenvalue weighted by atomic mass is 10.1. The lowest BCUT2D eigenvalue weighted by Gasteiger charge is -2.19. The highest BCUT2D eigenvalue weighted by Gasteiger charge is 2.18. The molecule has 140 valence electrons. The summed E-state index contributed by atoms with van der Waals surface area (Å²) in [4.78, 5) is 12.4. The minimum absolute atomic E-state index is 0.0632. The van der Waals surface area contributed by atoms with E-state index in [-0.39, 0.29) is 5.91 Å². The van der Waals surface area contributed by atoms with Gasteiger partial charge in [0.1, 0.15) is 5.75 Å². The largest absolute Gasteiger partial charge is 0.480 e. The molecule has 1 N–H and O–H groups in total. The molecular weight excluding hydrogens is 366 g/mol. The van der Waals surface area contributed by atoms with Crippen LogP contribution in [0, 0.1) is 13.8 Å². The molecule has 0 heterocycles. The molecule has 0 bridgehead atoms. The second-order valence-corrected chi connectivity index (χ2v) is 7.66. The molecule has 0 aliphatic heterocycles. The van der Waals surface area contributed by atoms with Gasteiger partial charge in [-0.25, -0.2) is 0 Å². The van der Waals surface area contributed by atoms with Gasteiger partial charge in [-0.3, -0.25) is 4.79 Å². The van der Waals surface area contributed by atoms with Crippen molar-refractivity contribution in [1.29, 1.82) is 0 Å². The van der Waals surface area contributed by atoms with Crippen LogP contribution < -0.4 is 10.1 Å². The van der Waals surface area contributed by atoms with Crippen LogP contribution >= 0.6 is 23.4 Å². The molecular formula is C21H26ClNO2S. The number of carbonyl (C=O) groups excluding carboxylic acids is 1. The van der Waals surface area contributed by atoms with Crippen molar-refractivity contribution in [2.45, 2.75) is 39.0 Å². The van der Waals surface area contributed by atoms with Gasteiger partial charge in [0.15, 0.2) is 6.10 Å². The molecule has 0 radical (unpaired) electrons. The van der Waals surface area contributed by atoms with Gasteiger partial charge in [0.2, 0.25) is 0 Å². The second kappa shape index (κ2) is 10.5. The van der Waals surface area contributed by atoms with Crippen molar-refractivity contribution in [3.8, 4) is 5.75 Å². The summed E-state index contributed by atoms with van der Waals surface area (Å²) in [6.45, 7) is 6.63. The third kappa shape index (κ3) is 5.96. The number of hydrogen-bond donors (Lipinski definition) is 1. The molecule has 0 spiro atoms. The minimum atomic E-state index is -0.468. The maximum Gasteiger partial charge on any atom is 0.261 e. The number of ether oxygens (including phenoxy) is 1. The molecule has 1 amide bonds. The van der Waals surface area contributed by atoms with E-state index in [0.29, 0.717) is 13.0 Å². The van der Waals surface area contributed by atoms with Crippen molar-refractivity contribution in [3.05, 3.63) is 64.2 Å². The highest BCUT2D eigenvalue weighted by atomic mass is 35.5. The molecule has 2 rings (SSSR count). The van der Waals surface area contributed by atoms with Gasteiger partial charge in [-0.2, -0.15) is 11.8 Å². The highest BCUT2D eigenvalue weighted by molar-refractivity contribution is 7.98. The van der Waals surface area contributed by atoms with Gasteiger partial charge in [0.25, 0.3) is 5.91 Å². The van der Waals surface area contributed by atoms with Gasteiger partial charge < -0.3 is 10.1 Å². The molecule has 2 aromatic carbocycles. The van der Waals surface area contributed by atoms with Crippen molar-refractivity contribution in [1.82, 2.24) is 5.32 Å². The van der Waals surface area contributed by atoms with Gasteiger partial charge in [-0.15, -0.1) is 0 Å². The summed E-state index contributed by atoms with van der Waals surface area (Å²) < 4.78 is 5.94. The fourth-order valence-electron chi connectivity index (χ4n) is 2.49. The van der Waals surface area contributed by atoms with Crippen LogP contribution in [0.1, 0.15) is 30.0 Å². The van der Waals surface area contributed by atoms with Gasteiger partial charge >= 0.3 is 0 Å². The van der Waals surface area contributed by atoms with Crippen LogP contribution in [0.25, 0.3) is 0 Å². The number of aryl methyl sites for hydroxylation is 1. The molecule has 0 aliphatic rings. The van der Waals surface area contributed by atoms with E-state index in [0.717, 1.165) is 39.0 Å². The number of amides is 1. The fraction of sp³-hybridized carbons (Fsp3) is 0.381. The number of halogens is 1. The maximum atomic E-state index is 12.4. The minimum Gasteiger partial charge on any atom is -0.480 e. The van der Waals surface area contributed by atoms with Gasteiger partial charge in [0.05, 0.1) is 0 Å². The molecule has 1 atom stereocenters. The van der Waals surface area contributed by atoms with Crippen LogP contribution in [0.3, 0.4) is 0 Å². The number of benzene rings is 2. The van der Waals surface area contributed by atoms with Crippen LogP contribution in [0.5, 0.6) is 5.75 Å².